The van der Waals surface area contributed by atoms with E-state index in [0.29, 0.717) is 0 Å². The van der Waals surface area contributed by atoms with Gasteiger partial charge >= 0.3 is 0 Å². The fourth-order valence-electron chi connectivity index (χ4n) is 3.41. The van der Waals surface area contributed by atoms with Crippen LogP contribution < -0.4 is 19.5 Å². The number of hydrogen-bond donors (Lipinski definition) is 1. The molecule has 3 rings (SSSR count). The van der Waals surface area contributed by atoms with E-state index in [4.69, 9.17) is 14.2 Å². The maximum Gasteiger partial charge on any atom is 0.165 e. The SMILES string of the molecule is CCC(Nc1cc(C)nc2c(OC)cccc12)c1cccc(OC)c1OC. The third-order valence-corrected chi connectivity index (χ3v) is 4.70. The highest BCUT2D eigenvalue weighted by Crippen LogP contribution is 2.38. The summed E-state index contributed by atoms with van der Waals surface area (Å²) >= 11 is 0. The molecule has 2 aromatic carbocycles. The van der Waals surface area contributed by atoms with Crippen molar-refractivity contribution < 1.29 is 14.2 Å². The van der Waals surface area contributed by atoms with Crippen molar-refractivity contribution in [3.8, 4) is 17.2 Å². The van der Waals surface area contributed by atoms with Crippen molar-refractivity contribution in [2.24, 2.45) is 0 Å². The summed E-state index contributed by atoms with van der Waals surface area (Å²) in [5.41, 5.74) is 3.87. The molecule has 0 saturated carbocycles. The Bertz CT molecular complexity index is 940. The van der Waals surface area contributed by atoms with Gasteiger partial charge in [0.2, 0.25) is 0 Å². The summed E-state index contributed by atoms with van der Waals surface area (Å²) in [4.78, 5) is 4.66. The number of para-hydroxylation sites is 2. The number of rotatable bonds is 7. The fourth-order valence-corrected chi connectivity index (χ4v) is 3.41. The molecule has 3 aromatic rings. The second kappa shape index (κ2) is 8.16. The Morgan fingerprint density at radius 2 is 1.67 bits per heavy atom. The average Bonchev–Trinajstić information content (AvgIpc) is 2.70. The van der Waals surface area contributed by atoms with Crippen LogP contribution in [0.5, 0.6) is 17.2 Å². The minimum absolute atomic E-state index is 0.0613. The van der Waals surface area contributed by atoms with Gasteiger partial charge in [0.1, 0.15) is 11.3 Å². The van der Waals surface area contributed by atoms with Crippen molar-refractivity contribution in [1.82, 2.24) is 4.98 Å². The number of pyridine rings is 1. The van der Waals surface area contributed by atoms with Crippen molar-refractivity contribution in [2.45, 2.75) is 26.3 Å². The van der Waals surface area contributed by atoms with Gasteiger partial charge in [-0.05, 0) is 31.5 Å². The smallest absolute Gasteiger partial charge is 0.165 e. The Morgan fingerprint density at radius 3 is 2.33 bits per heavy atom. The number of fused-ring (bicyclic) bond motifs is 1. The Balaban J connectivity index is 2.08. The average molecular weight is 366 g/mol. The number of aryl methyl sites for hydroxylation is 1. The van der Waals surface area contributed by atoms with Crippen molar-refractivity contribution in [3.05, 3.63) is 53.7 Å². The van der Waals surface area contributed by atoms with Crippen LogP contribution in [0, 0.1) is 6.92 Å². The van der Waals surface area contributed by atoms with Gasteiger partial charge in [0, 0.05) is 22.3 Å². The lowest BCUT2D eigenvalue weighted by atomic mass is 10.0. The number of hydrogen-bond acceptors (Lipinski definition) is 5. The molecular formula is C22H26N2O3. The van der Waals surface area contributed by atoms with E-state index in [-0.39, 0.29) is 6.04 Å². The number of nitrogens with zero attached hydrogens (tertiary/aromatic N) is 1. The van der Waals surface area contributed by atoms with Crippen LogP contribution in [0.1, 0.15) is 30.6 Å². The summed E-state index contributed by atoms with van der Waals surface area (Å²) in [5.74, 6) is 2.26. The second-order valence-corrected chi connectivity index (χ2v) is 6.36. The number of anilines is 1. The van der Waals surface area contributed by atoms with E-state index in [0.717, 1.165) is 51.5 Å². The molecule has 0 bridgehead atoms. The molecule has 1 heterocycles. The predicted octanol–water partition coefficient (Wildman–Crippen LogP) is 5.13. The van der Waals surface area contributed by atoms with E-state index in [2.05, 4.69) is 35.4 Å². The quantitative estimate of drug-likeness (QED) is 0.628. The first-order valence-electron chi connectivity index (χ1n) is 9.04. The van der Waals surface area contributed by atoms with Gasteiger partial charge in [0.15, 0.2) is 11.5 Å². The van der Waals surface area contributed by atoms with Gasteiger partial charge in [-0.2, -0.15) is 0 Å². The van der Waals surface area contributed by atoms with E-state index in [9.17, 15) is 0 Å². The fraction of sp³-hybridized carbons (Fsp3) is 0.318. The molecule has 0 aliphatic carbocycles. The highest BCUT2D eigenvalue weighted by atomic mass is 16.5. The van der Waals surface area contributed by atoms with Gasteiger partial charge in [-0.3, -0.25) is 0 Å². The molecule has 1 aromatic heterocycles. The lowest BCUT2D eigenvalue weighted by Crippen LogP contribution is -2.12. The first kappa shape index (κ1) is 18.8. The summed E-state index contributed by atoms with van der Waals surface area (Å²) in [6, 6.07) is 14.1. The molecule has 1 N–H and O–H groups in total. The Morgan fingerprint density at radius 1 is 0.963 bits per heavy atom. The molecule has 27 heavy (non-hydrogen) atoms. The molecular weight excluding hydrogens is 340 g/mol. The first-order valence-corrected chi connectivity index (χ1v) is 9.04. The number of methoxy groups -OCH3 is 3. The standard InChI is InChI=1S/C22H26N2O3/c1-6-17(16-10-8-12-20(26-4)22(16)27-5)24-18-13-14(2)23-21-15(18)9-7-11-19(21)25-3/h7-13,17H,6H2,1-5H3,(H,23,24). The zero-order valence-electron chi connectivity index (χ0n) is 16.5. The van der Waals surface area contributed by atoms with Crippen LogP contribution in [-0.2, 0) is 0 Å². The number of ether oxygens (including phenoxy) is 3. The normalized spacial score (nSPS) is 11.9. The third-order valence-electron chi connectivity index (χ3n) is 4.70. The Kier molecular flexibility index (Phi) is 5.69. The van der Waals surface area contributed by atoms with Gasteiger partial charge in [0.25, 0.3) is 0 Å². The molecule has 1 unspecified atom stereocenters. The highest BCUT2D eigenvalue weighted by molar-refractivity contribution is 5.95. The molecule has 5 nitrogen and oxygen atoms in total. The summed E-state index contributed by atoms with van der Waals surface area (Å²) in [6.45, 7) is 4.14. The van der Waals surface area contributed by atoms with Crippen LogP contribution in [0.4, 0.5) is 5.69 Å². The lowest BCUT2D eigenvalue weighted by Gasteiger charge is -2.23. The zero-order chi connectivity index (χ0) is 19.4. The minimum atomic E-state index is 0.0613. The molecule has 1 atom stereocenters. The molecule has 0 radical (unpaired) electrons. The van der Waals surface area contributed by atoms with E-state index >= 15 is 0 Å². The highest BCUT2D eigenvalue weighted by Gasteiger charge is 2.19. The molecule has 0 aliphatic heterocycles. The van der Waals surface area contributed by atoms with E-state index < -0.39 is 0 Å². The van der Waals surface area contributed by atoms with E-state index in [1.807, 2.05) is 31.2 Å². The lowest BCUT2D eigenvalue weighted by molar-refractivity contribution is 0.350. The van der Waals surface area contributed by atoms with Gasteiger partial charge in [-0.25, -0.2) is 4.98 Å². The van der Waals surface area contributed by atoms with Crippen LogP contribution in [-0.4, -0.2) is 26.3 Å². The monoisotopic (exact) mass is 366 g/mol. The maximum atomic E-state index is 5.64. The minimum Gasteiger partial charge on any atom is -0.494 e. The van der Waals surface area contributed by atoms with Gasteiger partial charge in [-0.15, -0.1) is 0 Å². The molecule has 5 heteroatoms. The van der Waals surface area contributed by atoms with Gasteiger partial charge in [0.05, 0.1) is 27.4 Å². The summed E-state index contributed by atoms with van der Waals surface area (Å²) < 4.78 is 16.6. The Labute approximate surface area is 160 Å². The number of aromatic nitrogens is 1. The molecule has 0 spiro atoms. The van der Waals surface area contributed by atoms with Gasteiger partial charge < -0.3 is 19.5 Å². The van der Waals surface area contributed by atoms with Crippen molar-refractivity contribution in [2.75, 3.05) is 26.6 Å². The summed E-state index contributed by atoms with van der Waals surface area (Å²) in [5, 5.41) is 4.70. The topological polar surface area (TPSA) is 52.6 Å². The van der Waals surface area contributed by atoms with Gasteiger partial charge in [-0.1, -0.05) is 31.2 Å². The molecule has 0 saturated heterocycles. The van der Waals surface area contributed by atoms with E-state index in [1.165, 1.54) is 0 Å². The van der Waals surface area contributed by atoms with E-state index in [1.54, 1.807) is 21.3 Å². The first-order chi connectivity index (χ1) is 13.1. The molecule has 142 valence electrons. The van der Waals surface area contributed by atoms with Crippen LogP contribution in [0.15, 0.2) is 42.5 Å². The summed E-state index contributed by atoms with van der Waals surface area (Å²) in [6.07, 6.45) is 0.885. The second-order valence-electron chi connectivity index (χ2n) is 6.36. The largest absolute Gasteiger partial charge is 0.494 e. The summed E-state index contributed by atoms with van der Waals surface area (Å²) in [7, 11) is 4.99. The van der Waals surface area contributed by atoms with Crippen LogP contribution in [0.2, 0.25) is 0 Å². The van der Waals surface area contributed by atoms with Crippen molar-refractivity contribution in [3.63, 3.8) is 0 Å². The molecule has 0 amide bonds. The van der Waals surface area contributed by atoms with Crippen LogP contribution >= 0.6 is 0 Å². The zero-order valence-corrected chi connectivity index (χ0v) is 16.5. The molecule has 0 aliphatic rings. The number of nitrogens with one attached hydrogen (secondary N) is 1. The van der Waals surface area contributed by atoms with Crippen LogP contribution in [0.3, 0.4) is 0 Å². The molecule has 0 fully saturated rings. The predicted molar refractivity (Wildman–Crippen MR) is 109 cm³/mol. The van der Waals surface area contributed by atoms with Crippen molar-refractivity contribution >= 4 is 16.6 Å². The maximum absolute atomic E-state index is 5.64. The van der Waals surface area contributed by atoms with Crippen molar-refractivity contribution in [1.29, 1.82) is 0 Å². The third kappa shape index (κ3) is 3.63. The Hall–Kier alpha value is -2.95. The van der Waals surface area contributed by atoms with Crippen LogP contribution in [0.25, 0.3) is 10.9 Å². The number of benzene rings is 2.